The first-order valence-electron chi connectivity index (χ1n) is 3.81. The fourth-order valence-electron chi connectivity index (χ4n) is 1.01. The fraction of sp³-hybridized carbons (Fsp3) is 0.0909. The van der Waals surface area contributed by atoms with E-state index < -0.39 is 6.10 Å². The van der Waals surface area contributed by atoms with Crippen molar-refractivity contribution < 1.29 is 5.11 Å². The van der Waals surface area contributed by atoms with Gasteiger partial charge in [0.15, 0.2) is 0 Å². The molecule has 1 aromatic carbocycles. The van der Waals surface area contributed by atoms with E-state index in [0.717, 1.165) is 11.1 Å². The molecule has 0 aliphatic heterocycles. The van der Waals surface area contributed by atoms with E-state index in [1.165, 1.54) is 6.08 Å². The van der Waals surface area contributed by atoms with Crippen LogP contribution in [0.2, 0.25) is 0 Å². The SMILES string of the molecule is C=Cc1cccc(C(O)C=C)c1. The number of aliphatic hydroxyl groups is 1. The molecular weight excluding hydrogens is 148 g/mol. The van der Waals surface area contributed by atoms with Crippen LogP contribution < -0.4 is 0 Å². The van der Waals surface area contributed by atoms with Gasteiger partial charge in [0, 0.05) is 0 Å². The van der Waals surface area contributed by atoms with E-state index in [1.54, 1.807) is 6.08 Å². The van der Waals surface area contributed by atoms with Gasteiger partial charge < -0.3 is 5.11 Å². The van der Waals surface area contributed by atoms with E-state index in [9.17, 15) is 5.11 Å². The highest BCUT2D eigenvalue weighted by atomic mass is 16.3. The molecule has 0 heterocycles. The summed E-state index contributed by atoms with van der Waals surface area (Å²) in [6.45, 7) is 7.17. The molecule has 0 amide bonds. The predicted octanol–water partition coefficient (Wildman–Crippen LogP) is 2.55. The Balaban J connectivity index is 3.00. The summed E-state index contributed by atoms with van der Waals surface area (Å²) in [4.78, 5) is 0. The number of hydrogen-bond acceptors (Lipinski definition) is 1. The van der Waals surface area contributed by atoms with Crippen molar-refractivity contribution in [1.82, 2.24) is 0 Å². The first-order valence-corrected chi connectivity index (χ1v) is 3.81. The van der Waals surface area contributed by atoms with Crippen molar-refractivity contribution in [2.75, 3.05) is 0 Å². The Labute approximate surface area is 72.7 Å². The minimum absolute atomic E-state index is 0.579. The van der Waals surface area contributed by atoms with Crippen LogP contribution in [-0.4, -0.2) is 5.11 Å². The molecule has 0 aliphatic rings. The molecule has 0 radical (unpaired) electrons. The second-order valence-electron chi connectivity index (χ2n) is 2.55. The van der Waals surface area contributed by atoms with Crippen LogP contribution in [0, 0.1) is 0 Å². The third kappa shape index (κ3) is 1.83. The maximum atomic E-state index is 9.40. The van der Waals surface area contributed by atoms with Crippen molar-refractivity contribution in [1.29, 1.82) is 0 Å². The third-order valence-electron chi connectivity index (χ3n) is 1.71. The molecule has 1 unspecified atom stereocenters. The fourth-order valence-corrected chi connectivity index (χ4v) is 1.01. The lowest BCUT2D eigenvalue weighted by atomic mass is 10.1. The molecule has 0 saturated carbocycles. The monoisotopic (exact) mass is 160 g/mol. The second kappa shape index (κ2) is 3.88. The minimum Gasteiger partial charge on any atom is -0.384 e. The van der Waals surface area contributed by atoms with E-state index in [2.05, 4.69) is 13.2 Å². The van der Waals surface area contributed by atoms with Gasteiger partial charge in [0.2, 0.25) is 0 Å². The van der Waals surface area contributed by atoms with Gasteiger partial charge in [-0.15, -0.1) is 6.58 Å². The Morgan fingerprint density at radius 2 is 2.08 bits per heavy atom. The van der Waals surface area contributed by atoms with Crippen molar-refractivity contribution in [3.63, 3.8) is 0 Å². The lowest BCUT2D eigenvalue weighted by Gasteiger charge is -2.05. The van der Waals surface area contributed by atoms with E-state index in [4.69, 9.17) is 0 Å². The van der Waals surface area contributed by atoms with Gasteiger partial charge in [-0.05, 0) is 17.2 Å². The van der Waals surface area contributed by atoms with Crippen LogP contribution in [-0.2, 0) is 0 Å². The van der Waals surface area contributed by atoms with Gasteiger partial charge in [0.05, 0.1) is 6.10 Å². The lowest BCUT2D eigenvalue weighted by molar-refractivity contribution is 0.229. The molecule has 0 saturated heterocycles. The molecule has 0 bridgehead atoms. The van der Waals surface area contributed by atoms with Crippen LogP contribution in [0.15, 0.2) is 43.5 Å². The van der Waals surface area contributed by atoms with Crippen LogP contribution in [0.5, 0.6) is 0 Å². The average Bonchev–Trinajstić information content (AvgIpc) is 2.17. The summed E-state index contributed by atoms with van der Waals surface area (Å²) in [5.74, 6) is 0. The molecule has 12 heavy (non-hydrogen) atoms. The summed E-state index contributed by atoms with van der Waals surface area (Å²) >= 11 is 0. The minimum atomic E-state index is -0.579. The Hall–Kier alpha value is -1.34. The van der Waals surface area contributed by atoms with Crippen LogP contribution in [0.1, 0.15) is 17.2 Å². The maximum Gasteiger partial charge on any atom is 0.0969 e. The molecule has 1 atom stereocenters. The first-order chi connectivity index (χ1) is 5.77. The highest BCUT2D eigenvalue weighted by Gasteiger charge is 2.00. The molecule has 1 aromatic rings. The molecular formula is C11H12O. The zero-order valence-corrected chi connectivity index (χ0v) is 6.90. The van der Waals surface area contributed by atoms with Crippen LogP contribution in [0.25, 0.3) is 6.08 Å². The highest BCUT2D eigenvalue weighted by molar-refractivity contribution is 5.48. The zero-order valence-electron chi connectivity index (χ0n) is 6.90. The standard InChI is InChI=1S/C11H12O/c1-3-9-6-5-7-10(8-9)11(12)4-2/h3-8,11-12H,1-2H2. The average molecular weight is 160 g/mol. The quantitative estimate of drug-likeness (QED) is 0.674. The number of hydrogen-bond donors (Lipinski definition) is 1. The van der Waals surface area contributed by atoms with Crippen molar-refractivity contribution in [3.05, 3.63) is 54.6 Å². The lowest BCUT2D eigenvalue weighted by Crippen LogP contribution is -1.91. The third-order valence-corrected chi connectivity index (χ3v) is 1.71. The Morgan fingerprint density at radius 1 is 1.33 bits per heavy atom. The van der Waals surface area contributed by atoms with Gasteiger partial charge in [-0.3, -0.25) is 0 Å². The predicted molar refractivity (Wildman–Crippen MR) is 51.7 cm³/mol. The van der Waals surface area contributed by atoms with Crippen molar-refractivity contribution in [3.8, 4) is 0 Å². The normalized spacial score (nSPS) is 12.1. The summed E-state index contributed by atoms with van der Waals surface area (Å²) in [5, 5.41) is 9.40. The zero-order chi connectivity index (χ0) is 8.97. The van der Waals surface area contributed by atoms with Crippen molar-refractivity contribution in [2.24, 2.45) is 0 Å². The molecule has 1 N–H and O–H groups in total. The van der Waals surface area contributed by atoms with Gasteiger partial charge in [-0.25, -0.2) is 0 Å². The summed E-state index contributed by atoms with van der Waals surface area (Å²) in [6.07, 6.45) is 2.67. The second-order valence-corrected chi connectivity index (χ2v) is 2.55. The molecule has 0 spiro atoms. The van der Waals surface area contributed by atoms with Crippen LogP contribution in [0.3, 0.4) is 0 Å². The van der Waals surface area contributed by atoms with E-state index >= 15 is 0 Å². The molecule has 0 aromatic heterocycles. The smallest absolute Gasteiger partial charge is 0.0969 e. The maximum absolute atomic E-state index is 9.40. The number of rotatable bonds is 3. The van der Waals surface area contributed by atoms with E-state index in [1.807, 2.05) is 24.3 Å². The summed E-state index contributed by atoms with van der Waals surface area (Å²) in [7, 11) is 0. The molecule has 0 fully saturated rings. The van der Waals surface area contributed by atoms with Crippen molar-refractivity contribution >= 4 is 6.08 Å². The Bertz CT molecular complexity index is 289. The summed E-state index contributed by atoms with van der Waals surface area (Å²) in [5.41, 5.74) is 1.86. The topological polar surface area (TPSA) is 20.2 Å². The summed E-state index contributed by atoms with van der Waals surface area (Å²) in [6, 6.07) is 7.57. The van der Waals surface area contributed by atoms with Gasteiger partial charge in [-0.2, -0.15) is 0 Å². The number of aliphatic hydroxyl groups excluding tert-OH is 1. The Morgan fingerprint density at radius 3 is 2.67 bits per heavy atom. The van der Waals surface area contributed by atoms with Gasteiger partial charge in [0.25, 0.3) is 0 Å². The van der Waals surface area contributed by atoms with Crippen LogP contribution >= 0.6 is 0 Å². The van der Waals surface area contributed by atoms with Crippen molar-refractivity contribution in [2.45, 2.75) is 6.10 Å². The van der Waals surface area contributed by atoms with E-state index in [-0.39, 0.29) is 0 Å². The van der Waals surface area contributed by atoms with Gasteiger partial charge >= 0.3 is 0 Å². The van der Waals surface area contributed by atoms with Gasteiger partial charge in [0.1, 0.15) is 0 Å². The highest BCUT2D eigenvalue weighted by Crippen LogP contribution is 2.15. The molecule has 1 heteroatoms. The largest absolute Gasteiger partial charge is 0.384 e. The van der Waals surface area contributed by atoms with Gasteiger partial charge in [-0.1, -0.05) is 36.9 Å². The molecule has 1 nitrogen and oxygen atoms in total. The van der Waals surface area contributed by atoms with Crippen LogP contribution in [0.4, 0.5) is 0 Å². The molecule has 62 valence electrons. The molecule has 0 aliphatic carbocycles. The first kappa shape index (κ1) is 8.75. The molecule has 1 rings (SSSR count). The number of benzene rings is 1. The Kier molecular flexibility index (Phi) is 2.83. The summed E-state index contributed by atoms with van der Waals surface area (Å²) < 4.78 is 0. The van der Waals surface area contributed by atoms with E-state index in [0.29, 0.717) is 0 Å².